The van der Waals surface area contributed by atoms with E-state index >= 15 is 0 Å². The minimum Gasteiger partial charge on any atom is -0.341 e. The summed E-state index contributed by atoms with van der Waals surface area (Å²) in [4.78, 5) is 24.3. The predicted molar refractivity (Wildman–Crippen MR) is 85.8 cm³/mol. The van der Waals surface area contributed by atoms with Crippen molar-refractivity contribution >= 4 is 23.2 Å². The number of rotatable bonds is 5. The van der Waals surface area contributed by atoms with Crippen molar-refractivity contribution in [2.45, 2.75) is 45.1 Å². The van der Waals surface area contributed by atoms with Crippen molar-refractivity contribution in [3.05, 3.63) is 38.9 Å². The van der Waals surface area contributed by atoms with Crippen molar-refractivity contribution in [2.24, 2.45) is 5.92 Å². The van der Waals surface area contributed by atoms with Crippen molar-refractivity contribution in [2.75, 3.05) is 7.05 Å². The van der Waals surface area contributed by atoms with Gasteiger partial charge >= 0.3 is 0 Å². The third-order valence-electron chi connectivity index (χ3n) is 4.26. The zero-order chi connectivity index (χ0) is 16.1. The quantitative estimate of drug-likeness (QED) is 0.603. The monoisotopic (exact) mass is 324 g/mol. The Bertz CT molecular complexity index is 556. The normalized spacial score (nSPS) is 15.5. The Morgan fingerprint density at radius 1 is 1.36 bits per heavy atom. The van der Waals surface area contributed by atoms with Gasteiger partial charge in [-0.15, -0.1) is 0 Å². The Kier molecular flexibility index (Phi) is 5.77. The first-order valence-corrected chi connectivity index (χ1v) is 8.02. The van der Waals surface area contributed by atoms with Gasteiger partial charge in [-0.05, 0) is 30.4 Å². The maximum atomic E-state index is 12.3. The lowest BCUT2D eigenvalue weighted by Crippen LogP contribution is -2.28. The Morgan fingerprint density at radius 2 is 2.05 bits per heavy atom. The van der Waals surface area contributed by atoms with Crippen LogP contribution in [0.1, 0.15) is 44.1 Å². The highest BCUT2D eigenvalue weighted by Crippen LogP contribution is 2.27. The molecule has 0 spiro atoms. The van der Waals surface area contributed by atoms with E-state index < -0.39 is 4.92 Å². The van der Waals surface area contributed by atoms with Crippen LogP contribution in [0.5, 0.6) is 0 Å². The highest BCUT2D eigenvalue weighted by Gasteiger charge is 2.20. The number of nitro benzene ring substituents is 1. The molecular formula is C16H21ClN2O3. The van der Waals surface area contributed by atoms with E-state index in [0.29, 0.717) is 29.5 Å². The molecule has 1 amide bonds. The van der Waals surface area contributed by atoms with Gasteiger partial charge in [-0.3, -0.25) is 14.9 Å². The van der Waals surface area contributed by atoms with Gasteiger partial charge in [-0.1, -0.05) is 30.9 Å². The molecule has 0 radical (unpaired) electrons. The van der Waals surface area contributed by atoms with Crippen LogP contribution in [0.15, 0.2) is 18.2 Å². The van der Waals surface area contributed by atoms with Crippen LogP contribution in [0, 0.1) is 16.0 Å². The van der Waals surface area contributed by atoms with E-state index in [1.54, 1.807) is 11.9 Å². The number of carbonyl (C=O) groups excluding carboxylic acids is 1. The van der Waals surface area contributed by atoms with Gasteiger partial charge in [0.1, 0.15) is 0 Å². The number of amides is 1. The molecule has 1 aliphatic rings. The summed E-state index contributed by atoms with van der Waals surface area (Å²) in [7, 11) is 1.72. The molecule has 0 heterocycles. The largest absolute Gasteiger partial charge is 0.341 e. The SMILES string of the molecule is CN(Cc1cc([N+](=O)[O-])ccc1Cl)C(=O)CC1CCCCC1. The Labute approximate surface area is 135 Å². The van der Waals surface area contributed by atoms with Crippen LogP contribution in [0.2, 0.25) is 5.02 Å². The standard InChI is InChI=1S/C16H21ClN2O3/c1-18(16(20)9-12-5-3-2-4-6-12)11-13-10-14(19(21)22)7-8-15(13)17/h7-8,10,12H,2-6,9,11H2,1H3. The summed E-state index contributed by atoms with van der Waals surface area (Å²) >= 11 is 6.08. The predicted octanol–water partition coefficient (Wildman–Crippen LogP) is 4.18. The highest BCUT2D eigenvalue weighted by molar-refractivity contribution is 6.31. The Morgan fingerprint density at radius 3 is 2.68 bits per heavy atom. The van der Waals surface area contributed by atoms with Gasteiger partial charge in [0.25, 0.3) is 5.69 Å². The van der Waals surface area contributed by atoms with Crippen LogP contribution in [0.4, 0.5) is 5.69 Å². The minimum atomic E-state index is -0.455. The fourth-order valence-electron chi connectivity index (χ4n) is 2.93. The molecule has 0 unspecified atom stereocenters. The van der Waals surface area contributed by atoms with E-state index in [1.165, 1.54) is 37.5 Å². The number of benzene rings is 1. The highest BCUT2D eigenvalue weighted by atomic mass is 35.5. The van der Waals surface area contributed by atoms with E-state index in [-0.39, 0.29) is 11.6 Å². The molecule has 5 nitrogen and oxygen atoms in total. The van der Waals surface area contributed by atoms with E-state index in [1.807, 2.05) is 0 Å². The molecule has 0 bridgehead atoms. The third-order valence-corrected chi connectivity index (χ3v) is 4.63. The van der Waals surface area contributed by atoms with E-state index in [0.717, 1.165) is 12.8 Å². The molecule has 1 saturated carbocycles. The van der Waals surface area contributed by atoms with Gasteiger partial charge in [-0.2, -0.15) is 0 Å². The van der Waals surface area contributed by atoms with Crippen molar-refractivity contribution in [1.29, 1.82) is 0 Å². The average molecular weight is 325 g/mol. The topological polar surface area (TPSA) is 63.4 Å². The van der Waals surface area contributed by atoms with Crippen molar-refractivity contribution < 1.29 is 9.72 Å². The molecule has 1 aromatic carbocycles. The summed E-state index contributed by atoms with van der Waals surface area (Å²) in [5.74, 6) is 0.554. The molecule has 0 N–H and O–H groups in total. The maximum absolute atomic E-state index is 12.3. The second-order valence-electron chi connectivity index (χ2n) is 5.99. The van der Waals surface area contributed by atoms with Crippen LogP contribution >= 0.6 is 11.6 Å². The first-order valence-electron chi connectivity index (χ1n) is 7.64. The van der Waals surface area contributed by atoms with Gasteiger partial charge in [0.2, 0.25) is 5.91 Å². The molecule has 0 aliphatic heterocycles. The number of hydrogen-bond acceptors (Lipinski definition) is 3. The van der Waals surface area contributed by atoms with Gasteiger partial charge in [0.15, 0.2) is 0 Å². The van der Waals surface area contributed by atoms with Crippen molar-refractivity contribution in [1.82, 2.24) is 4.90 Å². The summed E-state index contributed by atoms with van der Waals surface area (Å²) in [6.45, 7) is 0.298. The van der Waals surface area contributed by atoms with Crippen LogP contribution in [-0.4, -0.2) is 22.8 Å². The number of nitro groups is 1. The second-order valence-corrected chi connectivity index (χ2v) is 6.40. The molecule has 120 valence electrons. The number of non-ortho nitro benzene ring substituents is 1. The molecule has 1 aromatic rings. The zero-order valence-electron chi connectivity index (χ0n) is 12.8. The smallest absolute Gasteiger partial charge is 0.269 e. The number of hydrogen-bond donors (Lipinski definition) is 0. The maximum Gasteiger partial charge on any atom is 0.269 e. The number of carbonyl (C=O) groups is 1. The summed E-state index contributed by atoms with van der Waals surface area (Å²) < 4.78 is 0. The molecule has 6 heteroatoms. The molecule has 0 atom stereocenters. The van der Waals surface area contributed by atoms with Crippen molar-refractivity contribution in [3.8, 4) is 0 Å². The second kappa shape index (κ2) is 7.58. The van der Waals surface area contributed by atoms with Crippen LogP contribution in [0.25, 0.3) is 0 Å². The molecular weight excluding hydrogens is 304 g/mol. The molecule has 0 aromatic heterocycles. The first-order chi connectivity index (χ1) is 10.5. The summed E-state index contributed by atoms with van der Waals surface area (Å²) in [5, 5.41) is 11.3. The molecule has 1 fully saturated rings. The van der Waals surface area contributed by atoms with Crippen LogP contribution in [0.3, 0.4) is 0 Å². The Balaban J connectivity index is 1.98. The fraction of sp³-hybridized carbons (Fsp3) is 0.562. The van der Waals surface area contributed by atoms with Crippen molar-refractivity contribution in [3.63, 3.8) is 0 Å². The van der Waals surface area contributed by atoms with Gasteiger partial charge in [-0.25, -0.2) is 0 Å². The van der Waals surface area contributed by atoms with Crippen LogP contribution in [-0.2, 0) is 11.3 Å². The van der Waals surface area contributed by atoms with Gasteiger partial charge in [0, 0.05) is 37.2 Å². The van der Waals surface area contributed by atoms with Gasteiger partial charge in [0.05, 0.1) is 4.92 Å². The molecule has 22 heavy (non-hydrogen) atoms. The molecule has 1 aliphatic carbocycles. The summed E-state index contributed by atoms with van der Waals surface area (Å²) in [6.07, 6.45) is 6.48. The summed E-state index contributed by atoms with van der Waals surface area (Å²) in [6, 6.07) is 4.32. The Hall–Kier alpha value is -1.62. The zero-order valence-corrected chi connectivity index (χ0v) is 13.5. The summed E-state index contributed by atoms with van der Waals surface area (Å²) in [5.41, 5.74) is 0.600. The third kappa shape index (κ3) is 4.44. The fourth-order valence-corrected chi connectivity index (χ4v) is 3.11. The average Bonchev–Trinajstić information content (AvgIpc) is 2.50. The van der Waals surface area contributed by atoms with E-state index in [4.69, 9.17) is 11.6 Å². The molecule has 2 rings (SSSR count). The van der Waals surface area contributed by atoms with Crippen LogP contribution < -0.4 is 0 Å². The molecule has 0 saturated heterocycles. The van der Waals surface area contributed by atoms with E-state index in [9.17, 15) is 14.9 Å². The minimum absolute atomic E-state index is 0.00692. The number of nitrogens with zero attached hydrogens (tertiary/aromatic N) is 2. The van der Waals surface area contributed by atoms with E-state index in [2.05, 4.69) is 0 Å². The van der Waals surface area contributed by atoms with Gasteiger partial charge < -0.3 is 4.90 Å². The lowest BCUT2D eigenvalue weighted by Gasteiger charge is -2.24. The lowest BCUT2D eigenvalue weighted by atomic mass is 9.86. The lowest BCUT2D eigenvalue weighted by molar-refractivity contribution is -0.384. The first kappa shape index (κ1) is 16.7. The number of halogens is 1.